The van der Waals surface area contributed by atoms with Gasteiger partial charge in [-0.15, -0.1) is 0 Å². The van der Waals surface area contributed by atoms with Crippen molar-refractivity contribution in [2.24, 2.45) is 0 Å². The molecule has 1 amide bonds. The third-order valence-electron chi connectivity index (χ3n) is 1.85. The highest BCUT2D eigenvalue weighted by Gasteiger charge is 2.09. The maximum Gasteiger partial charge on any atom is 0.261 e. The summed E-state index contributed by atoms with van der Waals surface area (Å²) in [5, 5.41) is 2.48. The predicted molar refractivity (Wildman–Crippen MR) is 57.3 cm³/mol. The minimum absolute atomic E-state index is 0.0322. The van der Waals surface area contributed by atoms with Gasteiger partial charge < -0.3 is 5.32 Å². The van der Waals surface area contributed by atoms with Crippen molar-refractivity contribution in [3.63, 3.8) is 0 Å². The van der Waals surface area contributed by atoms with Gasteiger partial charge in [-0.2, -0.15) is 0 Å². The molecule has 1 rings (SSSR count). The fraction of sp³-hybridized carbons (Fsp3) is 0.222. The lowest BCUT2D eigenvalue weighted by atomic mass is 10.1. The van der Waals surface area contributed by atoms with Crippen LogP contribution in [0.2, 0.25) is 0 Å². The van der Waals surface area contributed by atoms with Gasteiger partial charge in [0.25, 0.3) is 9.05 Å². The van der Waals surface area contributed by atoms with Gasteiger partial charge in [-0.25, -0.2) is 8.42 Å². The van der Waals surface area contributed by atoms with Gasteiger partial charge in [0.05, 0.1) is 11.3 Å². The first-order valence-corrected chi connectivity index (χ1v) is 6.48. The normalized spacial score (nSPS) is 11.1. The first-order chi connectivity index (χ1) is 6.93. The van der Waals surface area contributed by atoms with Gasteiger partial charge in [0.2, 0.25) is 5.91 Å². The maximum atomic E-state index is 11.0. The number of carbonyl (C=O) groups is 1. The van der Waals surface area contributed by atoms with Crippen LogP contribution < -0.4 is 5.32 Å². The van der Waals surface area contributed by atoms with Gasteiger partial charge >= 0.3 is 0 Å². The van der Waals surface area contributed by atoms with Crippen molar-refractivity contribution in [2.75, 3.05) is 7.05 Å². The maximum absolute atomic E-state index is 11.0. The summed E-state index contributed by atoms with van der Waals surface area (Å²) in [7, 11) is 3.00. The Labute approximate surface area is 92.7 Å². The van der Waals surface area contributed by atoms with Crippen molar-refractivity contribution in [1.29, 1.82) is 0 Å². The van der Waals surface area contributed by atoms with Crippen LogP contribution >= 0.6 is 10.7 Å². The molecule has 0 atom stereocenters. The van der Waals surface area contributed by atoms with Crippen molar-refractivity contribution in [3.8, 4) is 0 Å². The molecule has 0 radical (unpaired) electrons. The second-order valence-electron chi connectivity index (χ2n) is 2.93. The van der Waals surface area contributed by atoms with Crippen LogP contribution in [0.25, 0.3) is 0 Å². The number of carbonyl (C=O) groups excluding carboxylic acids is 1. The summed E-state index contributed by atoms with van der Waals surface area (Å²) in [5.41, 5.74) is 0.735. The van der Waals surface area contributed by atoms with E-state index >= 15 is 0 Å². The molecule has 0 aromatic heterocycles. The molecule has 0 bridgehead atoms. The molecular formula is C9H10ClNO3S. The molecule has 0 saturated carbocycles. The molecule has 0 heterocycles. The standard InChI is InChI=1S/C9H10ClNO3S/c1-11-9(12)6-7-2-4-8(5-3-7)15(10,13)14/h2-5H,6H2,1H3,(H,11,12). The molecular weight excluding hydrogens is 238 g/mol. The summed E-state index contributed by atoms with van der Waals surface area (Å²) in [6.07, 6.45) is 0.221. The predicted octanol–water partition coefficient (Wildman–Crippen LogP) is 0.903. The van der Waals surface area contributed by atoms with E-state index in [9.17, 15) is 13.2 Å². The average molecular weight is 248 g/mol. The molecule has 1 aromatic rings. The average Bonchev–Trinajstić information content (AvgIpc) is 2.17. The van der Waals surface area contributed by atoms with Crippen molar-refractivity contribution in [2.45, 2.75) is 11.3 Å². The number of hydrogen-bond acceptors (Lipinski definition) is 3. The summed E-state index contributed by atoms with van der Waals surface area (Å²) in [6.45, 7) is 0. The molecule has 0 saturated heterocycles. The number of likely N-dealkylation sites (N-methyl/N-ethyl adjacent to an activating group) is 1. The Balaban J connectivity index is 2.86. The topological polar surface area (TPSA) is 63.2 Å². The molecule has 15 heavy (non-hydrogen) atoms. The van der Waals surface area contributed by atoms with Gasteiger partial charge in [0, 0.05) is 17.7 Å². The molecule has 0 aliphatic rings. The Hall–Kier alpha value is -1.07. The third-order valence-corrected chi connectivity index (χ3v) is 3.22. The van der Waals surface area contributed by atoms with Crippen molar-refractivity contribution in [1.82, 2.24) is 5.32 Å². The van der Waals surface area contributed by atoms with Crippen LogP contribution in [-0.2, 0) is 20.3 Å². The lowest BCUT2D eigenvalue weighted by molar-refractivity contribution is -0.119. The Morgan fingerprint density at radius 1 is 1.33 bits per heavy atom. The highest BCUT2D eigenvalue weighted by molar-refractivity contribution is 8.13. The zero-order valence-electron chi connectivity index (χ0n) is 8.03. The van der Waals surface area contributed by atoms with E-state index in [1.165, 1.54) is 12.1 Å². The molecule has 0 aliphatic carbocycles. The van der Waals surface area contributed by atoms with E-state index in [1.54, 1.807) is 19.2 Å². The summed E-state index contributed by atoms with van der Waals surface area (Å²) in [5.74, 6) is -0.128. The van der Waals surface area contributed by atoms with E-state index < -0.39 is 9.05 Å². The highest BCUT2D eigenvalue weighted by atomic mass is 35.7. The van der Waals surface area contributed by atoms with E-state index in [-0.39, 0.29) is 17.2 Å². The van der Waals surface area contributed by atoms with Gasteiger partial charge in [0.1, 0.15) is 0 Å². The third kappa shape index (κ3) is 3.53. The molecule has 1 N–H and O–H groups in total. The molecule has 4 nitrogen and oxygen atoms in total. The summed E-state index contributed by atoms with van der Waals surface area (Å²) >= 11 is 0. The zero-order valence-corrected chi connectivity index (χ0v) is 9.60. The Morgan fingerprint density at radius 2 is 1.87 bits per heavy atom. The van der Waals surface area contributed by atoms with Crippen LogP contribution in [0.3, 0.4) is 0 Å². The van der Waals surface area contributed by atoms with E-state index in [1.807, 2.05) is 0 Å². The second-order valence-corrected chi connectivity index (χ2v) is 5.50. The Kier molecular flexibility index (Phi) is 3.71. The summed E-state index contributed by atoms with van der Waals surface area (Å²) < 4.78 is 21.8. The number of benzene rings is 1. The van der Waals surface area contributed by atoms with Crippen LogP contribution in [0.4, 0.5) is 0 Å². The Morgan fingerprint density at radius 3 is 2.27 bits per heavy atom. The molecule has 1 aromatic carbocycles. The van der Waals surface area contributed by atoms with E-state index in [2.05, 4.69) is 5.32 Å². The minimum Gasteiger partial charge on any atom is -0.359 e. The van der Waals surface area contributed by atoms with Gasteiger partial charge in [-0.3, -0.25) is 4.79 Å². The van der Waals surface area contributed by atoms with Crippen LogP contribution in [0.5, 0.6) is 0 Å². The number of rotatable bonds is 3. The highest BCUT2D eigenvalue weighted by Crippen LogP contribution is 2.15. The van der Waals surface area contributed by atoms with E-state index in [0.29, 0.717) is 0 Å². The number of halogens is 1. The van der Waals surface area contributed by atoms with Gasteiger partial charge in [-0.1, -0.05) is 12.1 Å². The Bertz CT molecular complexity index is 453. The fourth-order valence-corrected chi connectivity index (χ4v) is 1.81. The van der Waals surface area contributed by atoms with Crippen molar-refractivity contribution in [3.05, 3.63) is 29.8 Å². The zero-order chi connectivity index (χ0) is 11.5. The second kappa shape index (κ2) is 4.63. The number of hydrogen-bond donors (Lipinski definition) is 1. The SMILES string of the molecule is CNC(=O)Cc1ccc(S(=O)(=O)Cl)cc1. The van der Waals surface area contributed by atoms with Crippen LogP contribution in [0, 0.1) is 0 Å². The smallest absolute Gasteiger partial charge is 0.261 e. The van der Waals surface area contributed by atoms with Gasteiger partial charge in [0.15, 0.2) is 0 Å². The van der Waals surface area contributed by atoms with Crippen LogP contribution in [0.1, 0.15) is 5.56 Å². The van der Waals surface area contributed by atoms with Crippen LogP contribution in [-0.4, -0.2) is 21.4 Å². The molecule has 0 spiro atoms. The molecule has 0 fully saturated rings. The lowest BCUT2D eigenvalue weighted by Gasteiger charge is -2.01. The van der Waals surface area contributed by atoms with E-state index in [4.69, 9.17) is 10.7 Å². The number of amides is 1. The first kappa shape index (κ1) is 12.0. The number of nitrogens with one attached hydrogen (secondary N) is 1. The first-order valence-electron chi connectivity index (χ1n) is 4.17. The summed E-state index contributed by atoms with van der Waals surface area (Å²) in [4.78, 5) is 11.0. The molecule has 0 unspecified atom stereocenters. The summed E-state index contributed by atoms with van der Waals surface area (Å²) in [6, 6.07) is 5.87. The van der Waals surface area contributed by atoms with E-state index in [0.717, 1.165) is 5.56 Å². The van der Waals surface area contributed by atoms with Crippen LogP contribution in [0.15, 0.2) is 29.2 Å². The largest absolute Gasteiger partial charge is 0.359 e. The monoisotopic (exact) mass is 247 g/mol. The molecule has 82 valence electrons. The van der Waals surface area contributed by atoms with Crippen molar-refractivity contribution < 1.29 is 13.2 Å². The fourth-order valence-electron chi connectivity index (χ4n) is 1.04. The van der Waals surface area contributed by atoms with Crippen molar-refractivity contribution >= 4 is 25.6 Å². The molecule has 6 heteroatoms. The van der Waals surface area contributed by atoms with Gasteiger partial charge in [-0.05, 0) is 17.7 Å². The lowest BCUT2D eigenvalue weighted by Crippen LogP contribution is -2.19. The minimum atomic E-state index is -3.68. The molecule has 0 aliphatic heterocycles. The quantitative estimate of drug-likeness (QED) is 0.808.